The summed E-state index contributed by atoms with van der Waals surface area (Å²) in [4.78, 5) is 28.6. The molecule has 0 N–H and O–H groups in total. The Hall–Kier alpha value is -2.78. The fourth-order valence-corrected chi connectivity index (χ4v) is 5.10. The summed E-state index contributed by atoms with van der Waals surface area (Å²) in [5, 5.41) is 0.166. The zero-order chi connectivity index (χ0) is 24.3. The van der Waals surface area contributed by atoms with Gasteiger partial charge >= 0.3 is 0 Å². The van der Waals surface area contributed by atoms with Crippen molar-refractivity contribution in [1.29, 1.82) is 0 Å². The van der Waals surface area contributed by atoms with Gasteiger partial charge in [-0.15, -0.1) is 0 Å². The van der Waals surface area contributed by atoms with Crippen LogP contribution in [0.2, 0.25) is 5.02 Å². The number of rotatable bonds is 6. The van der Waals surface area contributed by atoms with E-state index in [2.05, 4.69) is 0 Å². The summed E-state index contributed by atoms with van der Waals surface area (Å²) in [6, 6.07) is 10.9. The summed E-state index contributed by atoms with van der Waals surface area (Å²) >= 11 is 6.28. The zero-order valence-electron chi connectivity index (χ0n) is 19.1. The van der Waals surface area contributed by atoms with Gasteiger partial charge in [-0.25, -0.2) is 8.42 Å². The Morgan fingerprint density at radius 1 is 1.03 bits per heavy atom. The minimum Gasteiger partial charge on any atom is -0.495 e. The van der Waals surface area contributed by atoms with Crippen molar-refractivity contribution in [2.75, 3.05) is 44.6 Å². The van der Waals surface area contributed by atoms with Gasteiger partial charge in [0.2, 0.25) is 5.91 Å². The molecular weight excluding hydrogens is 466 g/mol. The molecule has 1 aliphatic rings. The minimum absolute atomic E-state index is 0.0487. The van der Waals surface area contributed by atoms with E-state index >= 15 is 0 Å². The van der Waals surface area contributed by atoms with E-state index in [1.807, 2.05) is 13.8 Å². The lowest BCUT2D eigenvalue weighted by molar-refractivity contribution is -0.135. The predicted molar refractivity (Wildman–Crippen MR) is 127 cm³/mol. The number of para-hydroxylation sites is 2. The fraction of sp³-hybridized carbons (Fsp3) is 0.391. The highest BCUT2D eigenvalue weighted by Crippen LogP contribution is 2.32. The average Bonchev–Trinajstić information content (AvgIpc) is 2.82. The molecule has 0 aromatic heterocycles. The number of hydrogen-bond acceptors (Lipinski definition) is 5. The second-order valence-corrected chi connectivity index (χ2v) is 10.4. The lowest BCUT2D eigenvalue weighted by Gasteiger charge is -2.35. The van der Waals surface area contributed by atoms with Gasteiger partial charge in [0.25, 0.3) is 15.9 Å². The lowest BCUT2D eigenvalue weighted by atomic mass is 10.1. The van der Waals surface area contributed by atoms with Crippen molar-refractivity contribution < 1.29 is 22.7 Å². The van der Waals surface area contributed by atoms with E-state index in [9.17, 15) is 18.0 Å². The molecule has 8 nitrogen and oxygen atoms in total. The number of amides is 2. The van der Waals surface area contributed by atoms with Crippen molar-refractivity contribution in [3.63, 3.8) is 0 Å². The molecule has 0 radical (unpaired) electrons. The fourth-order valence-electron chi connectivity index (χ4n) is 3.67. The molecule has 3 rings (SSSR count). The molecule has 178 valence electrons. The highest BCUT2D eigenvalue weighted by atomic mass is 35.5. The molecule has 1 heterocycles. The van der Waals surface area contributed by atoms with E-state index in [4.69, 9.17) is 16.3 Å². The number of benzene rings is 2. The molecule has 33 heavy (non-hydrogen) atoms. The Morgan fingerprint density at radius 2 is 1.64 bits per heavy atom. The van der Waals surface area contributed by atoms with E-state index in [-0.39, 0.29) is 33.2 Å². The van der Waals surface area contributed by atoms with E-state index in [1.165, 1.54) is 32.4 Å². The van der Waals surface area contributed by atoms with E-state index in [0.717, 1.165) is 4.31 Å². The number of anilines is 1. The molecule has 0 spiro atoms. The number of ether oxygens (including phenoxy) is 1. The molecule has 2 amide bonds. The Morgan fingerprint density at radius 3 is 2.24 bits per heavy atom. The van der Waals surface area contributed by atoms with Gasteiger partial charge in [-0.05, 0) is 30.3 Å². The van der Waals surface area contributed by atoms with Crippen LogP contribution in [0.25, 0.3) is 0 Å². The quantitative estimate of drug-likeness (QED) is 0.617. The standard InChI is InChI=1S/C23H28ClN3O5S/c1-16(2)22(28)26-11-13-27(14-12-26)23(29)18-15-17(9-10-19(18)24)33(30,31)25(3)20-7-5-6-8-21(20)32-4/h5-10,15-16H,11-14H2,1-4H3. The molecule has 0 atom stereocenters. The zero-order valence-corrected chi connectivity index (χ0v) is 20.7. The first-order valence-corrected chi connectivity index (χ1v) is 12.4. The van der Waals surface area contributed by atoms with Gasteiger partial charge in [-0.3, -0.25) is 13.9 Å². The molecule has 0 unspecified atom stereocenters. The number of halogens is 1. The van der Waals surface area contributed by atoms with E-state index in [0.29, 0.717) is 37.6 Å². The van der Waals surface area contributed by atoms with Crippen molar-refractivity contribution in [3.05, 3.63) is 53.1 Å². The smallest absolute Gasteiger partial charge is 0.264 e. The highest BCUT2D eigenvalue weighted by molar-refractivity contribution is 7.92. The van der Waals surface area contributed by atoms with Gasteiger partial charge in [-0.1, -0.05) is 37.6 Å². The normalized spacial score (nSPS) is 14.4. The third-order valence-electron chi connectivity index (χ3n) is 5.62. The molecule has 0 bridgehead atoms. The maximum absolute atomic E-state index is 13.3. The second-order valence-electron chi connectivity index (χ2n) is 8.06. The molecular formula is C23H28ClN3O5S. The number of methoxy groups -OCH3 is 1. The van der Waals surface area contributed by atoms with Crippen LogP contribution in [0.1, 0.15) is 24.2 Å². The number of carbonyl (C=O) groups is 2. The van der Waals surface area contributed by atoms with Crippen LogP contribution in [-0.2, 0) is 14.8 Å². The van der Waals surface area contributed by atoms with Crippen molar-refractivity contribution in [2.24, 2.45) is 5.92 Å². The number of carbonyl (C=O) groups excluding carboxylic acids is 2. The SMILES string of the molecule is COc1ccccc1N(C)S(=O)(=O)c1ccc(Cl)c(C(=O)N2CCN(C(=O)C(C)C)CC2)c1. The van der Waals surface area contributed by atoms with Crippen LogP contribution in [0.15, 0.2) is 47.4 Å². The summed E-state index contributed by atoms with van der Waals surface area (Å²) in [6.07, 6.45) is 0. The van der Waals surface area contributed by atoms with Gasteiger partial charge in [0, 0.05) is 39.1 Å². The van der Waals surface area contributed by atoms with Crippen LogP contribution in [0.3, 0.4) is 0 Å². The number of nitrogens with zero attached hydrogens (tertiary/aromatic N) is 3. The van der Waals surface area contributed by atoms with Crippen molar-refractivity contribution >= 4 is 39.1 Å². The van der Waals surface area contributed by atoms with Crippen molar-refractivity contribution in [1.82, 2.24) is 9.80 Å². The molecule has 10 heteroatoms. The van der Waals surface area contributed by atoms with E-state index in [1.54, 1.807) is 34.1 Å². The molecule has 2 aromatic rings. The summed E-state index contributed by atoms with van der Waals surface area (Å²) in [7, 11) is -1.10. The molecule has 0 saturated carbocycles. The first kappa shape index (κ1) is 24.9. The lowest BCUT2D eigenvalue weighted by Crippen LogP contribution is -2.51. The summed E-state index contributed by atoms with van der Waals surface area (Å²) in [5.74, 6) is -0.0206. The predicted octanol–water partition coefficient (Wildman–Crippen LogP) is 3.11. The van der Waals surface area contributed by atoms with Crippen LogP contribution >= 0.6 is 11.6 Å². The van der Waals surface area contributed by atoms with Crippen LogP contribution in [-0.4, -0.2) is 70.4 Å². The van der Waals surface area contributed by atoms with Crippen LogP contribution < -0.4 is 9.04 Å². The molecule has 0 aliphatic carbocycles. The average molecular weight is 494 g/mol. The molecule has 2 aromatic carbocycles. The monoisotopic (exact) mass is 493 g/mol. The minimum atomic E-state index is -3.99. The highest BCUT2D eigenvalue weighted by Gasteiger charge is 2.29. The van der Waals surface area contributed by atoms with Crippen molar-refractivity contribution in [2.45, 2.75) is 18.7 Å². The van der Waals surface area contributed by atoms with Gasteiger partial charge in [0.1, 0.15) is 5.75 Å². The number of hydrogen-bond donors (Lipinski definition) is 0. The summed E-state index contributed by atoms with van der Waals surface area (Å²) in [5.41, 5.74) is 0.476. The van der Waals surface area contributed by atoms with Crippen LogP contribution in [0.5, 0.6) is 5.75 Å². The van der Waals surface area contributed by atoms with E-state index < -0.39 is 10.0 Å². The van der Waals surface area contributed by atoms with Crippen LogP contribution in [0.4, 0.5) is 5.69 Å². The topological polar surface area (TPSA) is 87.2 Å². The van der Waals surface area contributed by atoms with Gasteiger partial charge in [0.15, 0.2) is 0 Å². The first-order chi connectivity index (χ1) is 15.6. The molecule has 1 fully saturated rings. The van der Waals surface area contributed by atoms with Crippen molar-refractivity contribution in [3.8, 4) is 5.75 Å². The van der Waals surface area contributed by atoms with Crippen LogP contribution in [0, 0.1) is 5.92 Å². The summed E-state index contributed by atoms with van der Waals surface area (Å²) in [6.45, 7) is 5.24. The molecule has 1 aliphatic heterocycles. The third kappa shape index (κ3) is 5.09. The summed E-state index contributed by atoms with van der Waals surface area (Å²) < 4.78 is 33.0. The number of piperazine rings is 1. The third-order valence-corrected chi connectivity index (χ3v) is 7.72. The first-order valence-electron chi connectivity index (χ1n) is 10.6. The molecule has 1 saturated heterocycles. The Kier molecular flexibility index (Phi) is 7.54. The second kappa shape index (κ2) is 10.0. The maximum Gasteiger partial charge on any atom is 0.264 e. The Bertz CT molecular complexity index is 1140. The van der Waals surface area contributed by atoms with Gasteiger partial charge in [-0.2, -0.15) is 0 Å². The Labute approximate surface area is 199 Å². The van der Waals surface area contributed by atoms with Gasteiger partial charge in [0.05, 0.1) is 28.3 Å². The maximum atomic E-state index is 13.3. The largest absolute Gasteiger partial charge is 0.495 e. The Balaban J connectivity index is 1.85. The number of sulfonamides is 1. The van der Waals surface area contributed by atoms with Gasteiger partial charge < -0.3 is 14.5 Å².